The van der Waals surface area contributed by atoms with Crippen molar-refractivity contribution in [1.82, 2.24) is 15.2 Å². The molecule has 3 nitrogen and oxygen atoms in total. The van der Waals surface area contributed by atoms with Crippen LogP contribution < -0.4 is 5.32 Å². The molecule has 1 aromatic rings. The molecule has 0 bridgehead atoms. The minimum absolute atomic E-state index is 0.526. The van der Waals surface area contributed by atoms with E-state index in [1.807, 2.05) is 0 Å². The highest BCUT2D eigenvalue weighted by Crippen LogP contribution is 2.25. The number of aromatic nitrogens is 1. The fourth-order valence-corrected chi connectivity index (χ4v) is 3.31. The van der Waals surface area contributed by atoms with E-state index in [1.165, 1.54) is 30.2 Å². The van der Waals surface area contributed by atoms with E-state index in [4.69, 9.17) is 4.98 Å². The van der Waals surface area contributed by atoms with E-state index in [1.54, 1.807) is 11.3 Å². The molecule has 2 heterocycles. The summed E-state index contributed by atoms with van der Waals surface area (Å²) in [5, 5.41) is 6.86. The second-order valence-corrected chi connectivity index (χ2v) is 7.24. The van der Waals surface area contributed by atoms with Gasteiger partial charge in [-0.15, -0.1) is 11.3 Å². The van der Waals surface area contributed by atoms with Gasteiger partial charge in [0.15, 0.2) is 0 Å². The van der Waals surface area contributed by atoms with Crippen molar-refractivity contribution in [2.24, 2.45) is 11.8 Å². The first-order valence-electron chi connectivity index (χ1n) is 7.43. The van der Waals surface area contributed by atoms with Gasteiger partial charge in [-0.2, -0.15) is 0 Å². The molecule has 1 aromatic heterocycles. The average Bonchev–Trinajstić information content (AvgIpc) is 2.96. The van der Waals surface area contributed by atoms with Crippen LogP contribution in [0.25, 0.3) is 0 Å². The van der Waals surface area contributed by atoms with Gasteiger partial charge in [-0.25, -0.2) is 4.98 Å². The second-order valence-electron chi connectivity index (χ2n) is 6.30. The smallest absolute Gasteiger partial charge is 0.107 e. The molecule has 0 aliphatic carbocycles. The quantitative estimate of drug-likeness (QED) is 0.868. The summed E-state index contributed by atoms with van der Waals surface area (Å²) >= 11 is 1.78. The number of nitrogens with zero attached hydrogens (tertiary/aromatic N) is 2. The number of hydrogen-bond acceptors (Lipinski definition) is 4. The van der Waals surface area contributed by atoms with Crippen molar-refractivity contribution in [3.63, 3.8) is 0 Å². The molecule has 1 atom stereocenters. The van der Waals surface area contributed by atoms with E-state index in [0.717, 1.165) is 24.9 Å². The maximum Gasteiger partial charge on any atom is 0.107 e. The fraction of sp³-hybridized carbons (Fsp3) is 0.800. The number of likely N-dealkylation sites (tertiary alicyclic amines) is 1. The third-order valence-corrected chi connectivity index (χ3v) is 4.80. The molecule has 19 heavy (non-hydrogen) atoms. The Morgan fingerprint density at radius 3 is 2.84 bits per heavy atom. The Balaban J connectivity index is 1.80. The summed E-state index contributed by atoms with van der Waals surface area (Å²) in [6.45, 7) is 13.4. The van der Waals surface area contributed by atoms with Crippen molar-refractivity contribution in [2.45, 2.75) is 53.2 Å². The molecule has 1 N–H and O–H groups in total. The van der Waals surface area contributed by atoms with Crippen LogP contribution in [0.2, 0.25) is 0 Å². The zero-order chi connectivity index (χ0) is 13.8. The van der Waals surface area contributed by atoms with Gasteiger partial charge in [0, 0.05) is 31.1 Å². The largest absolute Gasteiger partial charge is 0.308 e. The summed E-state index contributed by atoms with van der Waals surface area (Å²) < 4.78 is 0. The summed E-state index contributed by atoms with van der Waals surface area (Å²) in [4.78, 5) is 7.28. The van der Waals surface area contributed by atoms with E-state index in [0.29, 0.717) is 6.04 Å². The third kappa shape index (κ3) is 4.55. The first-order chi connectivity index (χ1) is 9.04. The van der Waals surface area contributed by atoms with Crippen LogP contribution in [-0.2, 0) is 13.1 Å². The van der Waals surface area contributed by atoms with Gasteiger partial charge in [-0.3, -0.25) is 4.90 Å². The molecule has 1 fully saturated rings. The Morgan fingerprint density at radius 1 is 1.42 bits per heavy atom. The van der Waals surface area contributed by atoms with Crippen LogP contribution in [0.5, 0.6) is 0 Å². The molecule has 0 aromatic carbocycles. The van der Waals surface area contributed by atoms with Gasteiger partial charge in [0.2, 0.25) is 0 Å². The Morgan fingerprint density at radius 2 is 2.21 bits per heavy atom. The van der Waals surface area contributed by atoms with Crippen LogP contribution in [0, 0.1) is 11.8 Å². The lowest BCUT2D eigenvalue weighted by Gasteiger charge is -2.16. The maximum atomic E-state index is 4.73. The van der Waals surface area contributed by atoms with Crippen LogP contribution in [0.1, 0.15) is 44.8 Å². The van der Waals surface area contributed by atoms with Crippen LogP contribution >= 0.6 is 11.3 Å². The third-order valence-electron chi connectivity index (χ3n) is 3.90. The summed E-state index contributed by atoms with van der Waals surface area (Å²) in [5.74, 6) is 1.69. The van der Waals surface area contributed by atoms with Crippen molar-refractivity contribution in [2.75, 3.05) is 13.1 Å². The SMILES string of the molecule is CC(C)NCc1nc(CN2CCC(C(C)C)C2)cs1. The lowest BCUT2D eigenvalue weighted by molar-refractivity contribution is 0.294. The highest BCUT2D eigenvalue weighted by molar-refractivity contribution is 7.09. The minimum Gasteiger partial charge on any atom is -0.308 e. The van der Waals surface area contributed by atoms with E-state index < -0.39 is 0 Å². The van der Waals surface area contributed by atoms with E-state index in [-0.39, 0.29) is 0 Å². The number of thiazole rings is 1. The predicted molar refractivity (Wildman–Crippen MR) is 82.3 cm³/mol. The number of rotatable bonds is 6. The maximum absolute atomic E-state index is 4.73. The predicted octanol–water partition coefficient (Wildman–Crippen LogP) is 3.12. The van der Waals surface area contributed by atoms with Gasteiger partial charge in [0.05, 0.1) is 5.69 Å². The summed E-state index contributed by atoms with van der Waals surface area (Å²) in [6.07, 6.45) is 1.35. The summed E-state index contributed by atoms with van der Waals surface area (Å²) in [7, 11) is 0. The molecular weight excluding hydrogens is 254 g/mol. The standard InChI is InChI=1S/C15H27N3S/c1-11(2)13-5-6-18(8-13)9-14-10-19-15(17-14)7-16-12(3)4/h10-13,16H,5-9H2,1-4H3. The fourth-order valence-electron chi connectivity index (χ4n) is 2.57. The van der Waals surface area contributed by atoms with Gasteiger partial charge in [0.25, 0.3) is 0 Å². The van der Waals surface area contributed by atoms with Crippen LogP contribution in [-0.4, -0.2) is 29.0 Å². The molecule has 4 heteroatoms. The Hall–Kier alpha value is -0.450. The van der Waals surface area contributed by atoms with Gasteiger partial charge >= 0.3 is 0 Å². The van der Waals surface area contributed by atoms with Gasteiger partial charge in [-0.05, 0) is 24.8 Å². The first-order valence-corrected chi connectivity index (χ1v) is 8.31. The topological polar surface area (TPSA) is 28.2 Å². The number of hydrogen-bond donors (Lipinski definition) is 1. The highest BCUT2D eigenvalue weighted by atomic mass is 32.1. The van der Waals surface area contributed by atoms with Crippen LogP contribution in [0.15, 0.2) is 5.38 Å². The lowest BCUT2D eigenvalue weighted by atomic mass is 9.95. The van der Waals surface area contributed by atoms with Crippen LogP contribution in [0.3, 0.4) is 0 Å². The van der Waals surface area contributed by atoms with Gasteiger partial charge < -0.3 is 5.32 Å². The van der Waals surface area contributed by atoms with E-state index in [9.17, 15) is 0 Å². The monoisotopic (exact) mass is 281 g/mol. The summed E-state index contributed by atoms with van der Waals surface area (Å²) in [6, 6.07) is 0.526. The van der Waals surface area contributed by atoms with E-state index in [2.05, 4.69) is 43.3 Å². The molecule has 1 saturated heterocycles. The second kappa shape index (κ2) is 6.82. The Labute approximate surface area is 121 Å². The molecule has 1 aliphatic heterocycles. The minimum atomic E-state index is 0.526. The zero-order valence-corrected chi connectivity index (χ0v) is 13.5. The Bertz CT molecular complexity index is 386. The molecule has 0 amide bonds. The normalized spacial score (nSPS) is 20.8. The average molecular weight is 281 g/mol. The van der Waals surface area contributed by atoms with Crippen LogP contribution in [0.4, 0.5) is 0 Å². The molecular formula is C15H27N3S. The van der Waals surface area contributed by atoms with Crippen molar-refractivity contribution in [3.05, 3.63) is 16.1 Å². The zero-order valence-electron chi connectivity index (χ0n) is 12.6. The molecule has 2 rings (SSSR count). The first kappa shape index (κ1) is 14.9. The molecule has 1 aliphatic rings. The van der Waals surface area contributed by atoms with Crippen molar-refractivity contribution < 1.29 is 0 Å². The molecule has 0 spiro atoms. The van der Waals surface area contributed by atoms with Crippen molar-refractivity contribution in [3.8, 4) is 0 Å². The van der Waals surface area contributed by atoms with Crippen molar-refractivity contribution in [1.29, 1.82) is 0 Å². The van der Waals surface area contributed by atoms with Gasteiger partial charge in [-0.1, -0.05) is 27.7 Å². The number of nitrogens with one attached hydrogen (secondary N) is 1. The highest BCUT2D eigenvalue weighted by Gasteiger charge is 2.25. The van der Waals surface area contributed by atoms with Gasteiger partial charge in [0.1, 0.15) is 5.01 Å². The molecule has 1 unspecified atom stereocenters. The van der Waals surface area contributed by atoms with Crippen molar-refractivity contribution >= 4 is 11.3 Å². The van der Waals surface area contributed by atoms with E-state index >= 15 is 0 Å². The summed E-state index contributed by atoms with van der Waals surface area (Å²) in [5.41, 5.74) is 1.25. The molecule has 0 radical (unpaired) electrons. The lowest BCUT2D eigenvalue weighted by Crippen LogP contribution is -2.22. The Kier molecular flexibility index (Phi) is 5.37. The molecule has 0 saturated carbocycles. The molecule has 108 valence electrons.